The molecule has 3 N–H and O–H groups in total. The first-order valence-corrected chi connectivity index (χ1v) is 6.14. The molecule has 0 aromatic carbocycles. The second kappa shape index (κ2) is 6.77. The number of nitrogens with zero attached hydrogens (tertiary/aromatic N) is 1. The van der Waals surface area contributed by atoms with E-state index < -0.39 is 11.7 Å². The Morgan fingerprint density at radius 2 is 2.32 bits per heavy atom. The van der Waals surface area contributed by atoms with E-state index in [0.29, 0.717) is 6.42 Å². The number of carbonyl (C=O) groups excluding carboxylic acids is 2. The molecule has 0 radical (unpaired) electrons. The van der Waals surface area contributed by atoms with Crippen molar-refractivity contribution in [3.8, 4) is 0 Å². The minimum absolute atomic E-state index is 0.168. The Kier molecular flexibility index (Phi) is 5.35. The molecule has 7 nitrogen and oxygen atoms in total. The van der Waals surface area contributed by atoms with Crippen LogP contribution in [0, 0.1) is 0 Å². The van der Waals surface area contributed by atoms with Gasteiger partial charge in [0.1, 0.15) is 11.9 Å². The van der Waals surface area contributed by atoms with Crippen LogP contribution in [-0.2, 0) is 4.74 Å². The molecule has 1 heterocycles. The van der Waals surface area contributed by atoms with Crippen molar-refractivity contribution in [3.63, 3.8) is 0 Å². The van der Waals surface area contributed by atoms with Crippen LogP contribution in [-0.4, -0.2) is 29.3 Å². The number of aromatic nitrogens is 1. The summed E-state index contributed by atoms with van der Waals surface area (Å²) >= 11 is 0. The minimum atomic E-state index is -0.853. The highest BCUT2D eigenvalue weighted by Crippen LogP contribution is 2.18. The lowest BCUT2D eigenvalue weighted by molar-refractivity contribution is 0.0224. The zero-order valence-corrected chi connectivity index (χ0v) is 11.1. The molecule has 1 atom stereocenters. The van der Waals surface area contributed by atoms with Crippen molar-refractivity contribution in [2.75, 3.05) is 6.54 Å². The van der Waals surface area contributed by atoms with Gasteiger partial charge in [0, 0.05) is 6.07 Å². The summed E-state index contributed by atoms with van der Waals surface area (Å²) < 4.78 is 9.67. The zero-order valence-electron chi connectivity index (χ0n) is 11.1. The van der Waals surface area contributed by atoms with Gasteiger partial charge in [-0.3, -0.25) is 4.79 Å². The highest BCUT2D eigenvalue weighted by Gasteiger charge is 2.28. The number of carbonyl (C=O) groups is 2. The van der Waals surface area contributed by atoms with Gasteiger partial charge in [0.15, 0.2) is 5.69 Å². The summed E-state index contributed by atoms with van der Waals surface area (Å²) in [6.45, 7) is 3.93. The van der Waals surface area contributed by atoms with Gasteiger partial charge in [-0.2, -0.15) is 0 Å². The number of hydrogen-bond acceptors (Lipinski definition) is 5. The topological polar surface area (TPSA) is 107 Å². The normalized spacial score (nSPS) is 13.6. The predicted molar refractivity (Wildman–Crippen MR) is 67.4 cm³/mol. The van der Waals surface area contributed by atoms with Crippen LogP contribution in [0.4, 0.5) is 4.79 Å². The summed E-state index contributed by atoms with van der Waals surface area (Å²) in [5.41, 5.74) is 4.41. The molecule has 0 bridgehead atoms. The fraction of sp³-hybridized carbons (Fsp3) is 0.583. The molecule has 0 unspecified atom stereocenters. The summed E-state index contributed by atoms with van der Waals surface area (Å²) in [7, 11) is 0. The van der Waals surface area contributed by atoms with Crippen LogP contribution >= 0.6 is 0 Å². The van der Waals surface area contributed by atoms with E-state index in [2.05, 4.69) is 15.0 Å². The molecule has 1 aromatic rings. The van der Waals surface area contributed by atoms with Crippen molar-refractivity contribution in [1.29, 1.82) is 0 Å². The molecule has 0 saturated carbocycles. The highest BCUT2D eigenvalue weighted by molar-refractivity contribution is 5.92. The van der Waals surface area contributed by atoms with Crippen molar-refractivity contribution >= 4 is 12.0 Å². The molecule has 1 rings (SSSR count). The Labute approximate surface area is 111 Å². The van der Waals surface area contributed by atoms with Gasteiger partial charge in [0.05, 0.1) is 6.54 Å². The molecule has 106 valence electrons. The Morgan fingerprint density at radius 3 is 2.84 bits per heavy atom. The van der Waals surface area contributed by atoms with Crippen LogP contribution in [0.3, 0.4) is 0 Å². The fourth-order valence-corrected chi connectivity index (χ4v) is 1.66. The predicted octanol–water partition coefficient (Wildman–Crippen LogP) is 1.45. The monoisotopic (exact) mass is 269 g/mol. The molecule has 0 fully saturated rings. The van der Waals surface area contributed by atoms with Crippen molar-refractivity contribution in [2.24, 2.45) is 5.73 Å². The van der Waals surface area contributed by atoms with E-state index in [-0.39, 0.29) is 18.1 Å². The average molecular weight is 269 g/mol. The van der Waals surface area contributed by atoms with E-state index in [1.165, 1.54) is 12.3 Å². The number of hydrogen-bond donors (Lipinski definition) is 2. The number of ether oxygens (including phenoxy) is 1. The Bertz CT molecular complexity index is 419. The number of nitrogens with one attached hydrogen (secondary N) is 1. The van der Waals surface area contributed by atoms with Crippen LogP contribution in [0.1, 0.15) is 43.6 Å². The summed E-state index contributed by atoms with van der Waals surface area (Å²) in [6.07, 6.45) is 2.89. The van der Waals surface area contributed by atoms with Gasteiger partial charge in [0.25, 0.3) is 5.91 Å². The Hall–Kier alpha value is -2.05. The first-order valence-electron chi connectivity index (χ1n) is 6.14. The third-order valence-electron chi connectivity index (χ3n) is 2.70. The molecule has 0 aliphatic rings. The SMILES string of the molecule is CCCC[C@](C)(CNC(=O)c1ccon1)OC(N)=O. The number of nitrogens with two attached hydrogens (primary N) is 1. The number of rotatable bonds is 7. The number of amides is 2. The lowest BCUT2D eigenvalue weighted by Crippen LogP contribution is -2.45. The van der Waals surface area contributed by atoms with Crippen LogP contribution in [0.2, 0.25) is 0 Å². The lowest BCUT2D eigenvalue weighted by atomic mass is 9.98. The standard InChI is InChI=1S/C12H19N3O4/c1-3-4-6-12(2,19-11(13)17)8-14-10(16)9-5-7-18-15-9/h5,7H,3-4,6,8H2,1-2H3,(H2,13,17)(H,14,16)/t12-/m1/s1. The van der Waals surface area contributed by atoms with Gasteiger partial charge in [-0.25, -0.2) is 4.79 Å². The third-order valence-corrected chi connectivity index (χ3v) is 2.70. The smallest absolute Gasteiger partial charge is 0.405 e. The largest absolute Gasteiger partial charge is 0.442 e. The van der Waals surface area contributed by atoms with Gasteiger partial charge in [0.2, 0.25) is 0 Å². The molecule has 2 amide bonds. The first-order chi connectivity index (χ1) is 8.97. The van der Waals surface area contributed by atoms with Crippen LogP contribution in [0.25, 0.3) is 0 Å². The average Bonchev–Trinajstić information content (AvgIpc) is 2.86. The quantitative estimate of drug-likeness (QED) is 0.778. The molecule has 0 saturated heterocycles. The molecule has 0 spiro atoms. The maximum atomic E-state index is 11.7. The second-order valence-corrected chi connectivity index (χ2v) is 4.54. The van der Waals surface area contributed by atoms with E-state index >= 15 is 0 Å². The fourth-order valence-electron chi connectivity index (χ4n) is 1.66. The van der Waals surface area contributed by atoms with E-state index in [9.17, 15) is 9.59 Å². The second-order valence-electron chi connectivity index (χ2n) is 4.54. The highest BCUT2D eigenvalue weighted by atomic mass is 16.6. The number of primary amides is 1. The summed E-state index contributed by atoms with van der Waals surface area (Å²) in [5.74, 6) is -0.385. The van der Waals surface area contributed by atoms with Crippen molar-refractivity contribution in [3.05, 3.63) is 18.0 Å². The Morgan fingerprint density at radius 1 is 1.58 bits per heavy atom. The Balaban J connectivity index is 2.57. The van der Waals surface area contributed by atoms with E-state index in [0.717, 1.165) is 12.8 Å². The molecule has 7 heteroatoms. The molecule has 0 aliphatic heterocycles. The van der Waals surface area contributed by atoms with E-state index in [1.807, 2.05) is 6.92 Å². The van der Waals surface area contributed by atoms with Gasteiger partial charge < -0.3 is 20.3 Å². The van der Waals surface area contributed by atoms with Crippen molar-refractivity contribution < 1.29 is 18.8 Å². The summed E-state index contributed by atoms with van der Waals surface area (Å²) in [6, 6.07) is 1.45. The van der Waals surface area contributed by atoms with Gasteiger partial charge in [-0.05, 0) is 19.8 Å². The van der Waals surface area contributed by atoms with Gasteiger partial charge in [-0.1, -0.05) is 18.5 Å². The van der Waals surface area contributed by atoms with E-state index in [1.54, 1.807) is 6.92 Å². The van der Waals surface area contributed by atoms with Crippen molar-refractivity contribution in [1.82, 2.24) is 10.5 Å². The molecular weight excluding hydrogens is 250 g/mol. The van der Waals surface area contributed by atoms with Crippen LogP contribution in [0.5, 0.6) is 0 Å². The minimum Gasteiger partial charge on any atom is -0.442 e. The maximum absolute atomic E-state index is 11.7. The molecule has 1 aromatic heterocycles. The first kappa shape index (κ1) is 15.0. The van der Waals surface area contributed by atoms with Crippen LogP contribution in [0.15, 0.2) is 16.9 Å². The lowest BCUT2D eigenvalue weighted by Gasteiger charge is -2.28. The number of unbranched alkanes of at least 4 members (excludes halogenated alkanes) is 1. The summed E-state index contributed by atoms with van der Waals surface area (Å²) in [5, 5.41) is 6.17. The van der Waals surface area contributed by atoms with Gasteiger partial charge in [-0.15, -0.1) is 0 Å². The summed E-state index contributed by atoms with van der Waals surface area (Å²) in [4.78, 5) is 22.6. The molecule has 0 aliphatic carbocycles. The zero-order chi connectivity index (χ0) is 14.3. The third kappa shape index (κ3) is 4.99. The molecule has 19 heavy (non-hydrogen) atoms. The van der Waals surface area contributed by atoms with Gasteiger partial charge >= 0.3 is 6.09 Å². The van der Waals surface area contributed by atoms with Crippen LogP contribution < -0.4 is 11.1 Å². The van der Waals surface area contributed by atoms with E-state index in [4.69, 9.17) is 10.5 Å². The maximum Gasteiger partial charge on any atom is 0.405 e. The molecular formula is C12H19N3O4. The van der Waals surface area contributed by atoms with Crippen molar-refractivity contribution in [2.45, 2.75) is 38.7 Å².